The molecule has 0 aliphatic carbocycles. The van der Waals surface area contributed by atoms with E-state index in [1.165, 1.54) is 17.7 Å². The van der Waals surface area contributed by atoms with Gasteiger partial charge in [0, 0.05) is 11.4 Å². The van der Waals surface area contributed by atoms with Gasteiger partial charge < -0.3 is 10.1 Å². The summed E-state index contributed by atoms with van der Waals surface area (Å²) in [5.41, 5.74) is 5.03. The quantitative estimate of drug-likeness (QED) is 0.361. The van der Waals surface area contributed by atoms with E-state index in [4.69, 9.17) is 4.74 Å². The molecule has 1 amide bonds. The van der Waals surface area contributed by atoms with E-state index in [2.05, 4.69) is 57.6 Å². The van der Waals surface area contributed by atoms with E-state index in [-0.39, 0.29) is 28.2 Å². The molecule has 3 aromatic rings. The first kappa shape index (κ1) is 28.3. The number of anilines is 2. The Balaban J connectivity index is 1.66. The van der Waals surface area contributed by atoms with Crippen molar-refractivity contribution >= 4 is 27.3 Å². The topological polar surface area (TPSA) is 84.5 Å². The summed E-state index contributed by atoms with van der Waals surface area (Å²) in [5.74, 6) is 0.346. The average Bonchev–Trinajstić information content (AvgIpc) is 2.75. The summed E-state index contributed by atoms with van der Waals surface area (Å²) in [7, 11) is -3.76. The van der Waals surface area contributed by atoms with Crippen LogP contribution in [0.3, 0.4) is 0 Å². The van der Waals surface area contributed by atoms with E-state index in [0.29, 0.717) is 17.1 Å². The second kappa shape index (κ2) is 10.6. The van der Waals surface area contributed by atoms with Gasteiger partial charge in [-0.15, -0.1) is 0 Å². The lowest BCUT2D eigenvalue weighted by molar-refractivity contribution is -0.118. The standard InChI is InChI=1S/C30H38N2O4S/c1-20-15-21(2)17-24(16-20)32-37(34,35)25-12-10-23(11-13-25)31-28(33)19-36-27-14-9-22(29(3,4)5)18-26(27)30(6,7)8/h9-18,32H,19H2,1-8H3,(H,31,33). The molecule has 0 aliphatic rings. The summed E-state index contributed by atoms with van der Waals surface area (Å²) < 4.78 is 34.1. The number of rotatable bonds is 7. The summed E-state index contributed by atoms with van der Waals surface area (Å²) in [6, 6.07) is 17.7. The fourth-order valence-electron chi connectivity index (χ4n) is 4.01. The molecule has 0 saturated carbocycles. The van der Waals surface area contributed by atoms with Gasteiger partial charge in [-0.05, 0) is 89.4 Å². The van der Waals surface area contributed by atoms with Crippen molar-refractivity contribution < 1.29 is 17.9 Å². The van der Waals surface area contributed by atoms with E-state index in [0.717, 1.165) is 16.7 Å². The lowest BCUT2D eigenvalue weighted by Crippen LogP contribution is -2.23. The normalized spacial score (nSPS) is 12.2. The van der Waals surface area contributed by atoms with Gasteiger partial charge in [-0.2, -0.15) is 0 Å². The summed E-state index contributed by atoms with van der Waals surface area (Å²) in [5, 5.41) is 2.77. The Hall–Kier alpha value is -3.32. The number of aryl methyl sites for hydroxylation is 2. The largest absolute Gasteiger partial charge is 0.483 e. The van der Waals surface area contributed by atoms with Gasteiger partial charge >= 0.3 is 0 Å². The molecule has 3 aromatic carbocycles. The van der Waals surface area contributed by atoms with Gasteiger partial charge in [0.05, 0.1) is 4.90 Å². The number of carbonyl (C=O) groups excluding carboxylic acids is 1. The molecule has 0 aliphatic heterocycles. The number of hydrogen-bond acceptors (Lipinski definition) is 4. The van der Waals surface area contributed by atoms with E-state index >= 15 is 0 Å². The molecular formula is C30H38N2O4S. The van der Waals surface area contributed by atoms with Crippen LogP contribution < -0.4 is 14.8 Å². The van der Waals surface area contributed by atoms with E-state index in [9.17, 15) is 13.2 Å². The second-order valence-electron chi connectivity index (χ2n) is 11.6. The highest BCUT2D eigenvalue weighted by atomic mass is 32.2. The number of hydrogen-bond donors (Lipinski definition) is 2. The highest BCUT2D eigenvalue weighted by Gasteiger charge is 2.23. The van der Waals surface area contributed by atoms with Gasteiger partial charge in [0.2, 0.25) is 0 Å². The zero-order valence-electron chi connectivity index (χ0n) is 23.0. The van der Waals surface area contributed by atoms with Gasteiger partial charge in [0.25, 0.3) is 15.9 Å². The maximum absolute atomic E-state index is 12.8. The fourth-order valence-corrected chi connectivity index (χ4v) is 5.05. The number of sulfonamides is 1. The summed E-state index contributed by atoms with van der Waals surface area (Å²) in [6.07, 6.45) is 0. The number of benzene rings is 3. The minimum Gasteiger partial charge on any atom is -0.483 e. The lowest BCUT2D eigenvalue weighted by Gasteiger charge is -2.27. The Bertz CT molecular complexity index is 1360. The number of ether oxygens (including phenoxy) is 1. The van der Waals surface area contributed by atoms with Gasteiger partial charge in [0.1, 0.15) is 5.75 Å². The van der Waals surface area contributed by atoms with Crippen LogP contribution in [-0.4, -0.2) is 20.9 Å². The third-order valence-electron chi connectivity index (χ3n) is 5.93. The first-order valence-electron chi connectivity index (χ1n) is 12.3. The Morgan fingerprint density at radius 1 is 0.784 bits per heavy atom. The van der Waals surface area contributed by atoms with E-state index < -0.39 is 10.0 Å². The summed E-state index contributed by atoms with van der Waals surface area (Å²) in [6.45, 7) is 16.5. The number of amides is 1. The van der Waals surface area contributed by atoms with Crippen LogP contribution in [0.4, 0.5) is 11.4 Å². The highest BCUT2D eigenvalue weighted by molar-refractivity contribution is 7.92. The molecule has 2 N–H and O–H groups in total. The van der Waals surface area contributed by atoms with Crippen LogP contribution in [0.1, 0.15) is 63.8 Å². The van der Waals surface area contributed by atoms with Crippen molar-refractivity contribution in [1.29, 1.82) is 0 Å². The maximum Gasteiger partial charge on any atom is 0.262 e. The van der Waals surface area contributed by atoms with Crippen LogP contribution >= 0.6 is 0 Å². The Morgan fingerprint density at radius 3 is 1.92 bits per heavy atom. The molecule has 0 spiro atoms. The van der Waals surface area contributed by atoms with Crippen LogP contribution in [0.25, 0.3) is 0 Å². The van der Waals surface area contributed by atoms with Crippen molar-refractivity contribution in [2.75, 3.05) is 16.6 Å². The molecule has 0 fully saturated rings. The highest BCUT2D eigenvalue weighted by Crippen LogP contribution is 2.35. The molecule has 0 bridgehead atoms. The molecule has 0 unspecified atom stereocenters. The first-order valence-corrected chi connectivity index (χ1v) is 13.8. The van der Waals surface area contributed by atoms with E-state index in [1.807, 2.05) is 32.0 Å². The summed E-state index contributed by atoms with van der Waals surface area (Å²) >= 11 is 0. The van der Waals surface area contributed by atoms with Crippen LogP contribution in [0, 0.1) is 13.8 Å². The third-order valence-corrected chi connectivity index (χ3v) is 7.33. The number of nitrogens with one attached hydrogen (secondary N) is 2. The summed E-state index contributed by atoms with van der Waals surface area (Å²) in [4.78, 5) is 12.7. The first-order chi connectivity index (χ1) is 17.0. The minimum absolute atomic E-state index is 0.00402. The van der Waals surface area contributed by atoms with Gasteiger partial charge in [-0.25, -0.2) is 8.42 Å². The van der Waals surface area contributed by atoms with Crippen LogP contribution in [-0.2, 0) is 25.6 Å². The number of carbonyl (C=O) groups is 1. The molecular weight excluding hydrogens is 484 g/mol. The molecule has 198 valence electrons. The van der Waals surface area contributed by atoms with Crippen molar-refractivity contribution in [3.63, 3.8) is 0 Å². The molecule has 0 atom stereocenters. The van der Waals surface area contributed by atoms with Crippen molar-refractivity contribution in [1.82, 2.24) is 0 Å². The Morgan fingerprint density at radius 2 is 1.38 bits per heavy atom. The molecule has 37 heavy (non-hydrogen) atoms. The van der Waals surface area contributed by atoms with Crippen LogP contribution in [0.5, 0.6) is 5.75 Å². The monoisotopic (exact) mass is 522 g/mol. The molecule has 0 heterocycles. The third kappa shape index (κ3) is 7.59. The Labute approximate surface area is 221 Å². The van der Waals surface area contributed by atoms with Crippen molar-refractivity contribution in [2.24, 2.45) is 0 Å². The van der Waals surface area contributed by atoms with Crippen LogP contribution in [0.15, 0.2) is 65.6 Å². The molecule has 7 heteroatoms. The van der Waals surface area contributed by atoms with Crippen molar-refractivity contribution in [2.45, 2.75) is 71.1 Å². The van der Waals surface area contributed by atoms with Crippen LogP contribution in [0.2, 0.25) is 0 Å². The smallest absolute Gasteiger partial charge is 0.262 e. The zero-order valence-corrected chi connectivity index (χ0v) is 23.8. The second-order valence-corrected chi connectivity index (χ2v) is 13.2. The Kier molecular flexibility index (Phi) is 8.08. The van der Waals surface area contributed by atoms with E-state index in [1.54, 1.807) is 24.3 Å². The zero-order chi connectivity index (χ0) is 27.6. The SMILES string of the molecule is Cc1cc(C)cc(NS(=O)(=O)c2ccc(NC(=O)COc3ccc(C(C)(C)C)cc3C(C)(C)C)cc2)c1. The molecule has 0 aromatic heterocycles. The minimum atomic E-state index is -3.76. The maximum atomic E-state index is 12.8. The van der Waals surface area contributed by atoms with Crippen molar-refractivity contribution in [3.05, 3.63) is 82.9 Å². The fraction of sp³-hybridized carbons (Fsp3) is 0.367. The predicted octanol–water partition coefficient (Wildman–Crippen LogP) is 6.72. The lowest BCUT2D eigenvalue weighted by atomic mass is 9.80. The van der Waals surface area contributed by atoms with Gasteiger partial charge in [-0.1, -0.05) is 59.7 Å². The van der Waals surface area contributed by atoms with Crippen molar-refractivity contribution in [3.8, 4) is 5.75 Å². The average molecular weight is 523 g/mol. The van der Waals surface area contributed by atoms with Gasteiger partial charge in [0.15, 0.2) is 6.61 Å². The predicted molar refractivity (Wildman–Crippen MR) is 151 cm³/mol. The van der Waals surface area contributed by atoms with Gasteiger partial charge in [-0.3, -0.25) is 9.52 Å². The molecule has 0 radical (unpaired) electrons. The molecule has 0 saturated heterocycles. The molecule has 6 nitrogen and oxygen atoms in total. The molecule has 3 rings (SSSR count).